The van der Waals surface area contributed by atoms with Crippen molar-refractivity contribution >= 4 is 28.6 Å². The number of aromatic nitrogens is 2. The van der Waals surface area contributed by atoms with E-state index in [4.69, 9.17) is 0 Å². The number of carbonyl (C=O) groups excluding carboxylic acids is 1. The summed E-state index contributed by atoms with van der Waals surface area (Å²) in [7, 11) is 0. The minimum Gasteiger partial charge on any atom is -0.352 e. The van der Waals surface area contributed by atoms with Crippen molar-refractivity contribution in [1.29, 1.82) is 0 Å². The van der Waals surface area contributed by atoms with Crippen LogP contribution >= 0.6 is 11.8 Å². The van der Waals surface area contributed by atoms with E-state index >= 15 is 0 Å². The van der Waals surface area contributed by atoms with E-state index in [1.165, 1.54) is 24.6 Å². The molecule has 0 unspecified atom stereocenters. The fourth-order valence-electron chi connectivity index (χ4n) is 3.38. The Morgan fingerprint density at radius 2 is 2.04 bits per heavy atom. The van der Waals surface area contributed by atoms with Gasteiger partial charge in [0.1, 0.15) is 11.4 Å². The average molecular weight is 343 g/mol. The Balaban J connectivity index is 1.67. The third kappa shape index (κ3) is 3.72. The lowest BCUT2D eigenvalue weighted by Crippen LogP contribution is -2.46. The van der Waals surface area contributed by atoms with E-state index in [-0.39, 0.29) is 11.2 Å². The van der Waals surface area contributed by atoms with Gasteiger partial charge >= 0.3 is 0 Å². The lowest BCUT2D eigenvalue weighted by molar-refractivity contribution is -0.121. The quantitative estimate of drug-likeness (QED) is 0.672. The molecule has 1 aliphatic carbocycles. The van der Waals surface area contributed by atoms with Gasteiger partial charge in [-0.15, -0.1) is 0 Å². The molecule has 1 aromatic carbocycles. The highest BCUT2D eigenvalue weighted by Crippen LogP contribution is 2.31. The van der Waals surface area contributed by atoms with Gasteiger partial charge in [0.2, 0.25) is 5.91 Å². The summed E-state index contributed by atoms with van der Waals surface area (Å²) < 4.78 is 0. The maximum absolute atomic E-state index is 12.6. The molecule has 1 saturated carbocycles. The summed E-state index contributed by atoms with van der Waals surface area (Å²) in [5.74, 6) is 1.33. The molecule has 2 aromatic rings. The number of benzene rings is 1. The summed E-state index contributed by atoms with van der Waals surface area (Å²) in [5, 5.41) is 4.96. The molecule has 0 aliphatic heterocycles. The van der Waals surface area contributed by atoms with Crippen molar-refractivity contribution in [3.05, 3.63) is 30.6 Å². The van der Waals surface area contributed by atoms with Gasteiger partial charge in [-0.05, 0) is 31.2 Å². The van der Waals surface area contributed by atoms with E-state index < -0.39 is 0 Å². The Kier molecular flexibility index (Phi) is 5.39. The Morgan fingerprint density at radius 1 is 1.25 bits per heavy atom. The van der Waals surface area contributed by atoms with Crippen LogP contribution in [-0.2, 0) is 4.79 Å². The number of para-hydroxylation sites is 1. The normalized spacial score (nSPS) is 25.4. The molecule has 4 atom stereocenters. The molecule has 1 aromatic heterocycles. The van der Waals surface area contributed by atoms with Crippen LogP contribution in [0, 0.1) is 11.8 Å². The van der Waals surface area contributed by atoms with Crippen molar-refractivity contribution in [2.45, 2.75) is 56.4 Å². The minimum absolute atomic E-state index is 0.105. The maximum Gasteiger partial charge on any atom is 0.233 e. The monoisotopic (exact) mass is 343 g/mol. The number of fused-ring (bicyclic) bond motifs is 1. The van der Waals surface area contributed by atoms with Crippen molar-refractivity contribution in [1.82, 2.24) is 15.3 Å². The minimum atomic E-state index is -0.173. The van der Waals surface area contributed by atoms with Crippen LogP contribution in [0.4, 0.5) is 0 Å². The van der Waals surface area contributed by atoms with Crippen LogP contribution in [0.2, 0.25) is 0 Å². The van der Waals surface area contributed by atoms with Crippen molar-refractivity contribution in [3.8, 4) is 0 Å². The Bertz CT molecular complexity index is 715. The third-order valence-electron chi connectivity index (χ3n) is 5.20. The summed E-state index contributed by atoms with van der Waals surface area (Å²) >= 11 is 1.51. The lowest BCUT2D eigenvalue weighted by atomic mass is 9.78. The number of hydrogen-bond donors (Lipinski definition) is 1. The largest absolute Gasteiger partial charge is 0.352 e. The van der Waals surface area contributed by atoms with Gasteiger partial charge in [-0.3, -0.25) is 4.79 Å². The smallest absolute Gasteiger partial charge is 0.233 e. The second-order valence-corrected chi connectivity index (χ2v) is 8.17. The number of rotatable bonds is 4. The van der Waals surface area contributed by atoms with Crippen LogP contribution in [0.3, 0.4) is 0 Å². The predicted octanol–water partition coefficient (Wildman–Crippen LogP) is 4.05. The van der Waals surface area contributed by atoms with Crippen molar-refractivity contribution in [2.75, 3.05) is 0 Å². The van der Waals surface area contributed by atoms with Gasteiger partial charge in [0, 0.05) is 11.4 Å². The molecule has 0 saturated heterocycles. The zero-order chi connectivity index (χ0) is 17.1. The summed E-state index contributed by atoms with van der Waals surface area (Å²) in [5.41, 5.74) is 0.914. The van der Waals surface area contributed by atoms with Crippen molar-refractivity contribution in [3.63, 3.8) is 0 Å². The SMILES string of the molecule is C[C@@H]1[C@H](C)CCC[C@@H]1NC(=O)[C@@H](C)Sc1ncnc2ccccc12. The van der Waals surface area contributed by atoms with Crippen LogP contribution in [0.15, 0.2) is 35.6 Å². The molecule has 1 aliphatic rings. The van der Waals surface area contributed by atoms with E-state index in [9.17, 15) is 4.79 Å². The molecule has 0 spiro atoms. The maximum atomic E-state index is 12.6. The average Bonchev–Trinajstić information content (AvgIpc) is 2.59. The van der Waals surface area contributed by atoms with E-state index in [1.54, 1.807) is 6.33 Å². The van der Waals surface area contributed by atoms with Gasteiger partial charge in [-0.2, -0.15) is 0 Å². The van der Waals surface area contributed by atoms with Gasteiger partial charge in [0.05, 0.1) is 10.8 Å². The van der Waals surface area contributed by atoms with Gasteiger partial charge in [-0.25, -0.2) is 9.97 Å². The van der Waals surface area contributed by atoms with E-state index in [2.05, 4.69) is 29.1 Å². The first-order chi connectivity index (χ1) is 11.6. The Morgan fingerprint density at radius 3 is 2.88 bits per heavy atom. The standard InChI is InChI=1S/C19H25N3OS/c1-12-7-6-10-16(13(12)2)22-18(23)14(3)24-19-15-8-4-5-9-17(15)20-11-21-19/h4-5,8-9,11-14,16H,6-7,10H2,1-3H3,(H,22,23)/t12-,13-,14-,16+/m1/s1. The van der Waals surface area contributed by atoms with E-state index in [0.29, 0.717) is 17.9 Å². The van der Waals surface area contributed by atoms with Crippen LogP contribution < -0.4 is 5.32 Å². The van der Waals surface area contributed by atoms with E-state index in [0.717, 1.165) is 22.3 Å². The van der Waals surface area contributed by atoms with Crippen molar-refractivity contribution in [2.24, 2.45) is 11.8 Å². The van der Waals surface area contributed by atoms with Crippen LogP contribution in [0.25, 0.3) is 10.9 Å². The molecule has 0 radical (unpaired) electrons. The summed E-state index contributed by atoms with van der Waals surface area (Å²) in [6.45, 7) is 6.49. The first-order valence-electron chi connectivity index (χ1n) is 8.73. The fraction of sp³-hybridized carbons (Fsp3) is 0.526. The van der Waals surface area contributed by atoms with E-state index in [1.807, 2.05) is 31.2 Å². The summed E-state index contributed by atoms with van der Waals surface area (Å²) in [4.78, 5) is 21.3. The van der Waals surface area contributed by atoms with Crippen LogP contribution in [0.1, 0.15) is 40.0 Å². The molecule has 1 heterocycles. The van der Waals surface area contributed by atoms with Gasteiger partial charge in [0.25, 0.3) is 0 Å². The highest BCUT2D eigenvalue weighted by Gasteiger charge is 2.29. The molecule has 1 N–H and O–H groups in total. The fourth-order valence-corrected chi connectivity index (χ4v) is 4.30. The Labute approximate surface area is 147 Å². The number of nitrogens with one attached hydrogen (secondary N) is 1. The second-order valence-electron chi connectivity index (χ2n) is 6.84. The molecule has 1 fully saturated rings. The lowest BCUT2D eigenvalue weighted by Gasteiger charge is -2.35. The predicted molar refractivity (Wildman–Crippen MR) is 99.0 cm³/mol. The third-order valence-corrected chi connectivity index (χ3v) is 6.31. The number of carbonyl (C=O) groups is 1. The van der Waals surface area contributed by atoms with Gasteiger partial charge in [-0.1, -0.05) is 56.7 Å². The molecule has 1 amide bonds. The number of amides is 1. The number of hydrogen-bond acceptors (Lipinski definition) is 4. The summed E-state index contributed by atoms with van der Waals surface area (Å²) in [6, 6.07) is 8.22. The molecule has 0 bridgehead atoms. The molecule has 4 nitrogen and oxygen atoms in total. The summed E-state index contributed by atoms with van der Waals surface area (Å²) in [6.07, 6.45) is 5.13. The zero-order valence-electron chi connectivity index (χ0n) is 14.5. The molecule has 5 heteroatoms. The molecule has 3 rings (SSSR count). The molecular weight excluding hydrogens is 318 g/mol. The highest BCUT2D eigenvalue weighted by atomic mass is 32.2. The van der Waals surface area contributed by atoms with Gasteiger partial charge < -0.3 is 5.32 Å². The van der Waals surface area contributed by atoms with Gasteiger partial charge in [0.15, 0.2) is 0 Å². The molecule has 24 heavy (non-hydrogen) atoms. The second kappa shape index (κ2) is 7.51. The number of nitrogens with zero attached hydrogens (tertiary/aromatic N) is 2. The molecular formula is C19H25N3OS. The molecule has 128 valence electrons. The van der Waals surface area contributed by atoms with Crippen LogP contribution in [0.5, 0.6) is 0 Å². The Hall–Kier alpha value is -1.62. The number of thioether (sulfide) groups is 1. The van der Waals surface area contributed by atoms with Crippen molar-refractivity contribution < 1.29 is 4.79 Å². The topological polar surface area (TPSA) is 54.9 Å². The zero-order valence-corrected chi connectivity index (χ0v) is 15.3. The first kappa shape index (κ1) is 17.2. The first-order valence-corrected chi connectivity index (χ1v) is 9.61. The van der Waals surface area contributed by atoms with Crippen LogP contribution in [-0.4, -0.2) is 27.2 Å². The highest BCUT2D eigenvalue weighted by molar-refractivity contribution is 8.00.